The fourth-order valence-corrected chi connectivity index (χ4v) is 6.49. The Hall–Kier alpha value is -2.35. The van der Waals surface area contributed by atoms with Crippen molar-refractivity contribution < 1.29 is 9.90 Å². The van der Waals surface area contributed by atoms with Crippen molar-refractivity contribution in [2.45, 2.75) is 65.2 Å². The number of hydrogen-bond donors (Lipinski definition) is 1. The quantitative estimate of drug-likeness (QED) is 0.438. The predicted octanol–water partition coefficient (Wildman–Crippen LogP) is 7.07. The summed E-state index contributed by atoms with van der Waals surface area (Å²) < 4.78 is 0. The average Bonchev–Trinajstić information content (AvgIpc) is 2.68. The monoisotopic (exact) mass is 402 g/mol. The van der Waals surface area contributed by atoms with Crippen LogP contribution >= 0.6 is 0 Å². The second kappa shape index (κ2) is 8.06. The zero-order valence-corrected chi connectivity index (χ0v) is 18.7. The zero-order chi connectivity index (χ0) is 21.5. The van der Waals surface area contributed by atoms with Crippen LogP contribution in [0.15, 0.2) is 42.0 Å². The van der Waals surface area contributed by atoms with Crippen LogP contribution in [0.5, 0.6) is 5.75 Å². The van der Waals surface area contributed by atoms with Crippen molar-refractivity contribution in [3.8, 4) is 16.9 Å². The maximum Gasteiger partial charge on any atom is 0.145 e. The van der Waals surface area contributed by atoms with Crippen LogP contribution in [0.3, 0.4) is 0 Å². The van der Waals surface area contributed by atoms with Gasteiger partial charge in [-0.2, -0.15) is 0 Å². The van der Waals surface area contributed by atoms with Crippen molar-refractivity contribution in [2.24, 2.45) is 17.8 Å². The molecule has 158 valence electrons. The standard InChI is InChI=1S/C28H34O2/c1-18-8-23-9-19(2)15-28(14-18,16-23)26-13-25(11-21(4)27(26)30)24-7-5-6-22(12-24)10-20(3)17-29/h5-7,10-13,17-19,23,30H,8-9,14-16H2,1-4H3/b20-10+. The highest BCUT2D eigenvalue weighted by Gasteiger charge is 2.46. The summed E-state index contributed by atoms with van der Waals surface area (Å²) in [5.41, 5.74) is 6.23. The van der Waals surface area contributed by atoms with Crippen molar-refractivity contribution in [1.82, 2.24) is 0 Å². The molecule has 1 N–H and O–H groups in total. The number of fused-ring (bicyclic) bond motifs is 2. The van der Waals surface area contributed by atoms with E-state index in [1.165, 1.54) is 32.1 Å². The van der Waals surface area contributed by atoms with E-state index in [0.717, 1.165) is 40.0 Å². The van der Waals surface area contributed by atoms with E-state index in [0.29, 0.717) is 23.2 Å². The fraction of sp³-hybridized carbons (Fsp3) is 0.464. The molecule has 0 radical (unpaired) electrons. The lowest BCUT2D eigenvalue weighted by Crippen LogP contribution is -2.42. The molecule has 2 heteroatoms. The number of phenolic OH excluding ortho intramolecular Hbond substituents is 1. The van der Waals surface area contributed by atoms with Gasteiger partial charge in [-0.15, -0.1) is 0 Å². The summed E-state index contributed by atoms with van der Waals surface area (Å²) in [5.74, 6) is 2.69. The molecule has 0 spiro atoms. The first kappa shape index (κ1) is 20.9. The molecular weight excluding hydrogens is 368 g/mol. The maximum atomic E-state index is 11.2. The Kier molecular flexibility index (Phi) is 5.61. The minimum absolute atomic E-state index is 0.0937. The first-order valence-electron chi connectivity index (χ1n) is 11.4. The van der Waals surface area contributed by atoms with Gasteiger partial charge < -0.3 is 5.11 Å². The Morgan fingerprint density at radius 3 is 2.40 bits per heavy atom. The van der Waals surface area contributed by atoms with Gasteiger partial charge in [0.1, 0.15) is 12.0 Å². The van der Waals surface area contributed by atoms with Crippen LogP contribution < -0.4 is 0 Å². The van der Waals surface area contributed by atoms with Gasteiger partial charge in [0.15, 0.2) is 0 Å². The smallest absolute Gasteiger partial charge is 0.145 e. The molecule has 2 aromatic carbocycles. The summed E-state index contributed by atoms with van der Waals surface area (Å²) in [6, 6.07) is 12.7. The molecule has 0 heterocycles. The molecule has 2 aliphatic rings. The molecule has 0 amide bonds. The number of carbonyl (C=O) groups is 1. The number of allylic oxidation sites excluding steroid dienone is 1. The summed E-state index contributed by atoms with van der Waals surface area (Å²) in [6.07, 6.45) is 9.02. The van der Waals surface area contributed by atoms with E-state index in [1.54, 1.807) is 0 Å². The Morgan fingerprint density at radius 2 is 1.73 bits per heavy atom. The number of aldehydes is 1. The van der Waals surface area contributed by atoms with Crippen molar-refractivity contribution in [2.75, 3.05) is 0 Å². The molecule has 4 rings (SSSR count). The van der Waals surface area contributed by atoms with Gasteiger partial charge in [-0.3, -0.25) is 4.79 Å². The number of hydrogen-bond acceptors (Lipinski definition) is 2. The zero-order valence-electron chi connectivity index (χ0n) is 18.7. The molecular formula is C28H34O2. The molecule has 2 saturated carbocycles. The third-order valence-electron chi connectivity index (χ3n) is 7.30. The third-order valence-corrected chi connectivity index (χ3v) is 7.30. The minimum atomic E-state index is 0.0937. The molecule has 2 bridgehead atoms. The minimum Gasteiger partial charge on any atom is -0.507 e. The highest BCUT2D eigenvalue weighted by atomic mass is 16.3. The van der Waals surface area contributed by atoms with Gasteiger partial charge in [0.25, 0.3) is 0 Å². The maximum absolute atomic E-state index is 11.2. The first-order valence-corrected chi connectivity index (χ1v) is 11.4. The van der Waals surface area contributed by atoms with Crippen LogP contribution in [0.1, 0.15) is 69.6 Å². The number of benzene rings is 2. The summed E-state index contributed by atoms with van der Waals surface area (Å²) in [4.78, 5) is 11.0. The number of aromatic hydroxyl groups is 1. The second-order valence-electron chi connectivity index (χ2n) is 10.3. The van der Waals surface area contributed by atoms with Crippen LogP contribution in [0.4, 0.5) is 0 Å². The Labute approximate surface area is 181 Å². The van der Waals surface area contributed by atoms with Crippen molar-refractivity contribution in [1.29, 1.82) is 0 Å². The number of phenols is 1. The highest BCUT2D eigenvalue weighted by molar-refractivity contribution is 5.81. The van der Waals surface area contributed by atoms with Crippen LogP contribution in [0.2, 0.25) is 0 Å². The summed E-state index contributed by atoms with van der Waals surface area (Å²) >= 11 is 0. The van der Waals surface area contributed by atoms with Gasteiger partial charge in [-0.1, -0.05) is 32.0 Å². The number of carbonyl (C=O) groups excluding carboxylic acids is 1. The van der Waals surface area contributed by atoms with Crippen molar-refractivity contribution in [3.63, 3.8) is 0 Å². The number of aryl methyl sites for hydroxylation is 1. The Bertz CT molecular complexity index is 965. The molecule has 2 aromatic rings. The van der Waals surface area contributed by atoms with Gasteiger partial charge in [0.2, 0.25) is 0 Å². The van der Waals surface area contributed by atoms with Crippen molar-refractivity contribution >= 4 is 12.4 Å². The molecule has 2 aliphatic carbocycles. The third kappa shape index (κ3) is 3.97. The van der Waals surface area contributed by atoms with Crippen LogP contribution in [0, 0.1) is 24.7 Å². The summed E-state index contributed by atoms with van der Waals surface area (Å²) in [5, 5.41) is 11.2. The van der Waals surface area contributed by atoms with Gasteiger partial charge in [0.05, 0.1) is 0 Å². The van der Waals surface area contributed by atoms with Crippen LogP contribution in [-0.2, 0) is 10.2 Å². The largest absolute Gasteiger partial charge is 0.507 e. The van der Waals surface area contributed by atoms with E-state index in [1.807, 2.05) is 32.1 Å². The predicted molar refractivity (Wildman–Crippen MR) is 125 cm³/mol. The SMILES string of the molecule is C/C(C=O)=C\c1cccc(-c2cc(C)c(O)c(C34CC(C)CC(CC(C)C3)C4)c2)c1. The van der Waals surface area contributed by atoms with E-state index in [2.05, 4.69) is 38.1 Å². The van der Waals surface area contributed by atoms with Crippen molar-refractivity contribution in [3.05, 3.63) is 58.7 Å². The van der Waals surface area contributed by atoms with E-state index in [9.17, 15) is 9.90 Å². The molecule has 0 saturated heterocycles. The van der Waals surface area contributed by atoms with Crippen LogP contribution in [0.25, 0.3) is 17.2 Å². The molecule has 0 aliphatic heterocycles. The highest BCUT2D eigenvalue weighted by Crippen LogP contribution is 2.56. The number of rotatable bonds is 4. The fourth-order valence-electron chi connectivity index (χ4n) is 6.49. The van der Waals surface area contributed by atoms with Crippen LogP contribution in [-0.4, -0.2) is 11.4 Å². The molecule has 2 fully saturated rings. The topological polar surface area (TPSA) is 37.3 Å². The molecule has 2 nitrogen and oxygen atoms in total. The summed E-state index contributed by atoms with van der Waals surface area (Å²) in [7, 11) is 0. The second-order valence-corrected chi connectivity index (χ2v) is 10.3. The van der Waals surface area contributed by atoms with Gasteiger partial charge in [0, 0.05) is 5.56 Å². The Morgan fingerprint density at radius 1 is 1.03 bits per heavy atom. The molecule has 2 atom stereocenters. The van der Waals surface area contributed by atoms with Gasteiger partial charge in [-0.25, -0.2) is 0 Å². The molecule has 30 heavy (non-hydrogen) atoms. The lowest BCUT2D eigenvalue weighted by Gasteiger charge is -2.50. The normalized spacial score (nSPS) is 28.9. The van der Waals surface area contributed by atoms with Gasteiger partial charge in [-0.05, 0) is 121 Å². The van der Waals surface area contributed by atoms with E-state index in [-0.39, 0.29) is 5.41 Å². The average molecular weight is 403 g/mol. The van der Waals surface area contributed by atoms with E-state index >= 15 is 0 Å². The Balaban J connectivity index is 1.81. The van der Waals surface area contributed by atoms with E-state index < -0.39 is 0 Å². The van der Waals surface area contributed by atoms with E-state index in [4.69, 9.17) is 0 Å². The molecule has 0 aromatic heterocycles. The summed E-state index contributed by atoms with van der Waals surface area (Å²) in [6.45, 7) is 8.62. The lowest BCUT2D eigenvalue weighted by atomic mass is 9.54. The first-order chi connectivity index (χ1) is 14.3. The van der Waals surface area contributed by atoms with Gasteiger partial charge >= 0.3 is 0 Å². The lowest BCUT2D eigenvalue weighted by molar-refractivity contribution is -0.104. The molecule has 2 unspecified atom stereocenters.